The molecule has 0 bridgehead atoms. The van der Waals surface area contributed by atoms with Crippen LogP contribution in [-0.4, -0.2) is 26.4 Å². The molecule has 1 amide bonds. The van der Waals surface area contributed by atoms with Crippen LogP contribution >= 0.6 is 46.3 Å². The van der Waals surface area contributed by atoms with Gasteiger partial charge < -0.3 is 5.32 Å². The molecule has 0 radical (unpaired) electrons. The van der Waals surface area contributed by atoms with Crippen LogP contribution in [0.25, 0.3) is 11.4 Å². The largest absolute Gasteiger partial charge is 0.324 e. The molecule has 3 rings (SSSR count). The number of halogens is 2. The van der Waals surface area contributed by atoms with E-state index in [2.05, 4.69) is 47.4 Å². The summed E-state index contributed by atoms with van der Waals surface area (Å²) in [6.45, 7) is 8.71. The number of amides is 1. The predicted octanol–water partition coefficient (Wildman–Crippen LogP) is 6.35. The Morgan fingerprint density at radius 3 is 2.79 bits per heavy atom. The van der Waals surface area contributed by atoms with E-state index in [1.54, 1.807) is 35.6 Å². The molecular formula is C20H20Cl2N4OS2. The number of anilines is 1. The minimum atomic E-state index is -0.188. The molecule has 0 atom stereocenters. The lowest BCUT2D eigenvalue weighted by atomic mass is 10.1. The van der Waals surface area contributed by atoms with E-state index in [4.69, 9.17) is 23.2 Å². The molecule has 0 aliphatic carbocycles. The third-order valence-corrected chi connectivity index (χ3v) is 6.76. The van der Waals surface area contributed by atoms with E-state index in [1.165, 1.54) is 16.6 Å². The van der Waals surface area contributed by atoms with Gasteiger partial charge in [-0.25, -0.2) is 0 Å². The Morgan fingerprint density at radius 2 is 2.14 bits per heavy atom. The van der Waals surface area contributed by atoms with Crippen LogP contribution in [-0.2, 0) is 11.3 Å². The Hall–Kier alpha value is -1.80. The summed E-state index contributed by atoms with van der Waals surface area (Å²) in [6, 6.07) is 7.08. The molecule has 152 valence electrons. The van der Waals surface area contributed by atoms with Crippen molar-refractivity contribution in [2.24, 2.45) is 0 Å². The van der Waals surface area contributed by atoms with Gasteiger partial charge in [0.2, 0.25) is 5.91 Å². The fourth-order valence-corrected chi connectivity index (χ4v) is 4.69. The molecule has 1 N–H and O–H groups in total. The highest BCUT2D eigenvalue weighted by Crippen LogP contribution is 2.31. The summed E-state index contributed by atoms with van der Waals surface area (Å²) in [5, 5.41) is 15.1. The Bertz CT molecular complexity index is 1030. The van der Waals surface area contributed by atoms with Gasteiger partial charge in [-0.15, -0.1) is 28.1 Å². The third kappa shape index (κ3) is 5.42. The monoisotopic (exact) mass is 466 g/mol. The SMILES string of the molecule is C=CCn1c(SCC(=O)Nc2ccc(Cl)cc2Cl)nnc1-c1csc(C(C)C)c1. The third-order valence-electron chi connectivity index (χ3n) is 4.01. The summed E-state index contributed by atoms with van der Waals surface area (Å²) in [5.74, 6) is 1.22. The molecule has 0 aliphatic heterocycles. The second-order valence-electron chi connectivity index (χ2n) is 6.56. The van der Waals surface area contributed by atoms with Crippen molar-refractivity contribution < 1.29 is 4.79 Å². The Kier molecular flexibility index (Phi) is 7.40. The van der Waals surface area contributed by atoms with E-state index in [9.17, 15) is 4.79 Å². The highest BCUT2D eigenvalue weighted by atomic mass is 35.5. The molecular weight excluding hydrogens is 447 g/mol. The van der Waals surface area contributed by atoms with Crippen molar-refractivity contribution in [3.8, 4) is 11.4 Å². The molecule has 9 heteroatoms. The standard InChI is InChI=1S/C20H20Cl2N4OS2/c1-4-7-26-19(13-8-17(12(2)3)28-10-13)24-25-20(26)29-11-18(27)23-16-6-5-14(21)9-15(16)22/h4-6,8-10,12H,1,7,11H2,2-3H3,(H,23,27). The van der Waals surface area contributed by atoms with Crippen molar-refractivity contribution in [3.63, 3.8) is 0 Å². The summed E-state index contributed by atoms with van der Waals surface area (Å²) in [6.07, 6.45) is 1.79. The van der Waals surface area contributed by atoms with Gasteiger partial charge in [-0.3, -0.25) is 9.36 Å². The van der Waals surface area contributed by atoms with Crippen LogP contribution in [0.5, 0.6) is 0 Å². The van der Waals surface area contributed by atoms with Gasteiger partial charge in [-0.2, -0.15) is 0 Å². The van der Waals surface area contributed by atoms with E-state index in [-0.39, 0.29) is 11.7 Å². The van der Waals surface area contributed by atoms with Crippen molar-refractivity contribution >= 4 is 57.9 Å². The quantitative estimate of drug-likeness (QED) is 0.310. The van der Waals surface area contributed by atoms with Crippen LogP contribution in [0.15, 0.2) is 47.5 Å². The first kappa shape index (κ1) is 21.9. The van der Waals surface area contributed by atoms with Crippen molar-refractivity contribution in [1.82, 2.24) is 14.8 Å². The summed E-state index contributed by atoms with van der Waals surface area (Å²) in [7, 11) is 0. The van der Waals surface area contributed by atoms with Gasteiger partial charge in [0.1, 0.15) is 0 Å². The van der Waals surface area contributed by atoms with Gasteiger partial charge in [-0.1, -0.05) is 54.9 Å². The predicted molar refractivity (Wildman–Crippen MR) is 123 cm³/mol. The molecule has 0 fully saturated rings. The van der Waals surface area contributed by atoms with Gasteiger partial charge >= 0.3 is 0 Å². The van der Waals surface area contributed by atoms with E-state index in [0.29, 0.717) is 33.4 Å². The van der Waals surface area contributed by atoms with Crippen LogP contribution in [0.4, 0.5) is 5.69 Å². The zero-order valence-electron chi connectivity index (χ0n) is 16.0. The lowest BCUT2D eigenvalue weighted by molar-refractivity contribution is -0.113. The smallest absolute Gasteiger partial charge is 0.234 e. The zero-order chi connectivity index (χ0) is 21.0. The molecule has 2 heterocycles. The lowest BCUT2D eigenvalue weighted by Gasteiger charge is -2.08. The maximum Gasteiger partial charge on any atom is 0.234 e. The number of nitrogens with zero attached hydrogens (tertiary/aromatic N) is 3. The Labute approximate surface area is 188 Å². The molecule has 0 spiro atoms. The maximum atomic E-state index is 12.3. The van der Waals surface area contributed by atoms with Crippen molar-refractivity contribution in [2.45, 2.75) is 31.5 Å². The number of thiophene rings is 1. The molecule has 2 aromatic heterocycles. The lowest BCUT2D eigenvalue weighted by Crippen LogP contribution is -2.15. The van der Waals surface area contributed by atoms with Crippen molar-refractivity contribution in [1.29, 1.82) is 0 Å². The Morgan fingerprint density at radius 1 is 1.34 bits per heavy atom. The van der Waals surface area contributed by atoms with Gasteiger partial charge in [0.25, 0.3) is 0 Å². The van der Waals surface area contributed by atoms with Crippen LogP contribution in [0.3, 0.4) is 0 Å². The first-order valence-corrected chi connectivity index (χ1v) is 11.5. The zero-order valence-corrected chi connectivity index (χ0v) is 19.1. The minimum Gasteiger partial charge on any atom is -0.324 e. The molecule has 0 unspecified atom stereocenters. The number of carbonyl (C=O) groups is 1. The van der Waals surface area contributed by atoms with Crippen LogP contribution < -0.4 is 5.32 Å². The van der Waals surface area contributed by atoms with E-state index in [0.717, 1.165) is 11.4 Å². The maximum absolute atomic E-state index is 12.3. The molecule has 3 aromatic rings. The van der Waals surface area contributed by atoms with Crippen LogP contribution in [0, 0.1) is 0 Å². The Balaban J connectivity index is 1.72. The van der Waals surface area contributed by atoms with Crippen molar-refractivity contribution in [3.05, 3.63) is 57.2 Å². The van der Waals surface area contributed by atoms with Gasteiger partial charge in [-0.05, 0) is 30.2 Å². The molecule has 5 nitrogen and oxygen atoms in total. The van der Waals surface area contributed by atoms with Gasteiger partial charge in [0.05, 0.1) is 16.5 Å². The summed E-state index contributed by atoms with van der Waals surface area (Å²) >= 11 is 15.0. The second kappa shape index (κ2) is 9.80. The van der Waals surface area contributed by atoms with E-state index < -0.39 is 0 Å². The second-order valence-corrected chi connectivity index (χ2v) is 9.29. The average Bonchev–Trinajstić information content (AvgIpc) is 3.30. The number of hydrogen-bond donors (Lipinski definition) is 1. The fraction of sp³-hybridized carbons (Fsp3) is 0.250. The number of benzene rings is 1. The van der Waals surface area contributed by atoms with E-state index >= 15 is 0 Å². The van der Waals surface area contributed by atoms with Crippen molar-refractivity contribution in [2.75, 3.05) is 11.1 Å². The minimum absolute atomic E-state index is 0.176. The van der Waals surface area contributed by atoms with Gasteiger partial charge in [0.15, 0.2) is 11.0 Å². The van der Waals surface area contributed by atoms with Crippen LogP contribution in [0.2, 0.25) is 10.0 Å². The number of rotatable bonds is 8. The topological polar surface area (TPSA) is 59.8 Å². The number of carbonyl (C=O) groups excluding carboxylic acids is 1. The number of allylic oxidation sites excluding steroid dienone is 1. The molecule has 0 saturated carbocycles. The fourth-order valence-electron chi connectivity index (χ4n) is 2.58. The highest BCUT2D eigenvalue weighted by molar-refractivity contribution is 7.99. The van der Waals surface area contributed by atoms with Gasteiger partial charge in [0, 0.05) is 27.4 Å². The molecule has 0 saturated heterocycles. The number of thioether (sulfide) groups is 1. The summed E-state index contributed by atoms with van der Waals surface area (Å²) in [4.78, 5) is 13.6. The molecule has 29 heavy (non-hydrogen) atoms. The average molecular weight is 467 g/mol. The molecule has 1 aromatic carbocycles. The number of aromatic nitrogens is 3. The van der Waals surface area contributed by atoms with Crippen LogP contribution in [0.1, 0.15) is 24.6 Å². The number of nitrogens with one attached hydrogen (secondary N) is 1. The first-order chi connectivity index (χ1) is 13.9. The van der Waals surface area contributed by atoms with E-state index in [1.807, 2.05) is 4.57 Å². The number of hydrogen-bond acceptors (Lipinski definition) is 5. The normalized spacial score (nSPS) is 11.1. The summed E-state index contributed by atoms with van der Waals surface area (Å²) in [5.41, 5.74) is 1.55. The molecule has 0 aliphatic rings. The highest BCUT2D eigenvalue weighted by Gasteiger charge is 2.17. The summed E-state index contributed by atoms with van der Waals surface area (Å²) < 4.78 is 1.96. The first-order valence-electron chi connectivity index (χ1n) is 8.89.